The van der Waals surface area contributed by atoms with Crippen molar-refractivity contribution >= 4 is 32.7 Å². The van der Waals surface area contributed by atoms with E-state index >= 15 is 0 Å². The van der Waals surface area contributed by atoms with Gasteiger partial charge in [-0.3, -0.25) is 4.57 Å². The third-order valence-electron chi connectivity index (χ3n) is 11.0. The van der Waals surface area contributed by atoms with Crippen molar-refractivity contribution in [3.8, 4) is 73.4 Å². The Balaban J connectivity index is 1.09. The van der Waals surface area contributed by atoms with Crippen molar-refractivity contribution in [1.29, 1.82) is 0 Å². The molecule has 0 saturated heterocycles. The minimum atomic E-state index is 0.681. The molecule has 59 heavy (non-hydrogen) atoms. The van der Waals surface area contributed by atoms with Crippen molar-refractivity contribution in [3.63, 3.8) is 0 Å². The summed E-state index contributed by atoms with van der Waals surface area (Å²) in [6, 6.07) is 73.6. The highest BCUT2D eigenvalue weighted by molar-refractivity contribution is 6.20. The Kier molecular flexibility index (Phi) is 8.41. The number of nitrogens with zero attached hydrogens (tertiary/aromatic N) is 5. The van der Waals surface area contributed by atoms with Crippen molar-refractivity contribution in [2.45, 2.75) is 0 Å². The largest absolute Gasteiger partial charge is 0.292 e. The molecule has 0 aliphatic heterocycles. The molecule has 0 fully saturated rings. The fourth-order valence-corrected chi connectivity index (χ4v) is 8.16. The second kappa shape index (κ2) is 14.5. The summed E-state index contributed by atoms with van der Waals surface area (Å²) in [4.78, 5) is 21.1. The highest BCUT2D eigenvalue weighted by Gasteiger charge is 2.21. The quantitative estimate of drug-likeness (QED) is 0.152. The van der Waals surface area contributed by atoms with Crippen LogP contribution in [0.3, 0.4) is 0 Å². The van der Waals surface area contributed by atoms with E-state index in [0.29, 0.717) is 5.82 Å². The Morgan fingerprint density at radius 2 is 0.915 bits per heavy atom. The minimum Gasteiger partial charge on any atom is -0.292 e. The zero-order valence-corrected chi connectivity index (χ0v) is 31.9. The molecule has 0 saturated carbocycles. The average Bonchev–Trinajstić information content (AvgIpc) is 3.72. The van der Waals surface area contributed by atoms with Gasteiger partial charge in [0.25, 0.3) is 0 Å². The van der Waals surface area contributed by atoms with Crippen LogP contribution >= 0.6 is 0 Å². The number of hydrogen-bond donors (Lipinski definition) is 0. The maximum atomic E-state index is 5.45. The van der Waals surface area contributed by atoms with Gasteiger partial charge >= 0.3 is 0 Å². The smallest absolute Gasteiger partial charge is 0.160 e. The van der Waals surface area contributed by atoms with E-state index in [1.54, 1.807) is 0 Å². The predicted octanol–water partition coefficient (Wildman–Crippen LogP) is 13.5. The van der Waals surface area contributed by atoms with Gasteiger partial charge in [0.15, 0.2) is 5.82 Å². The molecule has 0 spiro atoms. The summed E-state index contributed by atoms with van der Waals surface area (Å²) >= 11 is 0. The molecule has 8 aromatic carbocycles. The minimum absolute atomic E-state index is 0.681. The molecule has 0 radical (unpaired) electrons. The standard InChI is InChI=1S/C54H35N5/c1-5-16-36(17-6-1)41-22-15-23-42(34-41)48-35-47(56-53(57-48)39-18-7-2-8-19-39)37-28-30-38(31-29-37)51-50-45(44-26-13-14-27-46(44)55-51)32-33-49-52(50)58-54(40-20-9-3-10-21-40)59(49)43-24-11-4-12-25-43/h1-35H. The monoisotopic (exact) mass is 753 g/mol. The number of rotatable bonds is 7. The van der Waals surface area contributed by atoms with Gasteiger partial charge in [-0.2, -0.15) is 0 Å². The van der Waals surface area contributed by atoms with E-state index in [0.717, 1.165) is 100 Å². The van der Waals surface area contributed by atoms with Crippen LogP contribution in [-0.4, -0.2) is 24.5 Å². The molecular formula is C54H35N5. The Hall–Kier alpha value is -8.02. The first-order chi connectivity index (χ1) is 29.2. The third kappa shape index (κ3) is 6.22. The first kappa shape index (κ1) is 34.2. The molecule has 5 nitrogen and oxygen atoms in total. The number of hydrogen-bond acceptors (Lipinski definition) is 4. The molecule has 276 valence electrons. The summed E-state index contributed by atoms with van der Waals surface area (Å²) in [5.41, 5.74) is 13.9. The van der Waals surface area contributed by atoms with Gasteiger partial charge in [-0.15, -0.1) is 0 Å². The molecule has 0 amide bonds. The van der Waals surface area contributed by atoms with E-state index in [2.05, 4.69) is 180 Å². The summed E-state index contributed by atoms with van der Waals surface area (Å²) in [6.45, 7) is 0. The fourth-order valence-electron chi connectivity index (χ4n) is 8.16. The zero-order valence-electron chi connectivity index (χ0n) is 31.9. The summed E-state index contributed by atoms with van der Waals surface area (Å²) in [5, 5.41) is 3.23. The van der Waals surface area contributed by atoms with E-state index < -0.39 is 0 Å². The first-order valence-electron chi connectivity index (χ1n) is 19.8. The van der Waals surface area contributed by atoms with Gasteiger partial charge in [-0.05, 0) is 52.9 Å². The van der Waals surface area contributed by atoms with E-state index in [4.69, 9.17) is 19.9 Å². The Morgan fingerprint density at radius 1 is 0.339 bits per heavy atom. The number of pyridine rings is 1. The van der Waals surface area contributed by atoms with Crippen LogP contribution in [0.5, 0.6) is 0 Å². The number of fused-ring (bicyclic) bond motifs is 5. The fraction of sp³-hybridized carbons (Fsp3) is 0. The molecule has 11 aromatic rings. The molecule has 0 aliphatic carbocycles. The average molecular weight is 754 g/mol. The molecule has 0 N–H and O–H groups in total. The van der Waals surface area contributed by atoms with Crippen LogP contribution in [0.25, 0.3) is 106 Å². The summed E-state index contributed by atoms with van der Waals surface area (Å²) in [5.74, 6) is 1.57. The molecule has 0 aliphatic rings. The van der Waals surface area contributed by atoms with E-state index in [1.807, 2.05) is 36.4 Å². The van der Waals surface area contributed by atoms with Crippen LogP contribution in [0.1, 0.15) is 0 Å². The van der Waals surface area contributed by atoms with Crippen LogP contribution in [0.2, 0.25) is 0 Å². The van der Waals surface area contributed by atoms with Crippen molar-refractivity contribution in [1.82, 2.24) is 24.5 Å². The van der Waals surface area contributed by atoms with Crippen LogP contribution in [-0.2, 0) is 0 Å². The summed E-state index contributed by atoms with van der Waals surface area (Å²) < 4.78 is 2.26. The van der Waals surface area contributed by atoms with Crippen molar-refractivity contribution in [2.75, 3.05) is 0 Å². The maximum absolute atomic E-state index is 5.45. The third-order valence-corrected chi connectivity index (χ3v) is 11.0. The van der Waals surface area contributed by atoms with Gasteiger partial charge in [-0.1, -0.05) is 176 Å². The van der Waals surface area contributed by atoms with Gasteiger partial charge in [-0.25, -0.2) is 19.9 Å². The number of para-hydroxylation sites is 2. The van der Waals surface area contributed by atoms with E-state index in [-0.39, 0.29) is 0 Å². The lowest BCUT2D eigenvalue weighted by atomic mass is 9.97. The lowest BCUT2D eigenvalue weighted by molar-refractivity contribution is 1.10. The molecule has 11 rings (SSSR count). The van der Waals surface area contributed by atoms with Crippen molar-refractivity contribution in [3.05, 3.63) is 212 Å². The van der Waals surface area contributed by atoms with Gasteiger partial charge in [0, 0.05) is 44.3 Å². The predicted molar refractivity (Wildman–Crippen MR) is 242 cm³/mol. The van der Waals surface area contributed by atoms with Crippen LogP contribution in [0.4, 0.5) is 0 Å². The maximum Gasteiger partial charge on any atom is 0.160 e. The molecule has 3 aromatic heterocycles. The van der Waals surface area contributed by atoms with Crippen molar-refractivity contribution in [2.24, 2.45) is 0 Å². The molecule has 0 unspecified atom stereocenters. The van der Waals surface area contributed by atoms with E-state index in [9.17, 15) is 0 Å². The molecule has 0 atom stereocenters. The number of aromatic nitrogens is 5. The van der Waals surface area contributed by atoms with Gasteiger partial charge in [0.05, 0.1) is 33.6 Å². The van der Waals surface area contributed by atoms with Crippen LogP contribution < -0.4 is 0 Å². The number of benzene rings is 8. The molecule has 0 bridgehead atoms. The van der Waals surface area contributed by atoms with Crippen LogP contribution in [0, 0.1) is 0 Å². The SMILES string of the molecule is c1ccc(-c2cccc(-c3cc(-c4ccc(-c5nc6ccccc6c6ccc7c(nc(-c8ccccc8)n7-c7ccccc7)c56)cc4)nc(-c4ccccc4)n3)c2)cc1. The topological polar surface area (TPSA) is 56.5 Å². The lowest BCUT2D eigenvalue weighted by Crippen LogP contribution is -1.97. The Labute approximate surface area is 341 Å². The summed E-state index contributed by atoms with van der Waals surface area (Å²) in [6.07, 6.45) is 0. The zero-order chi connectivity index (χ0) is 39.1. The lowest BCUT2D eigenvalue weighted by Gasteiger charge is -2.13. The van der Waals surface area contributed by atoms with Crippen molar-refractivity contribution < 1.29 is 0 Å². The van der Waals surface area contributed by atoms with Gasteiger partial charge in [0.1, 0.15) is 5.82 Å². The second-order valence-corrected chi connectivity index (χ2v) is 14.7. The summed E-state index contributed by atoms with van der Waals surface area (Å²) in [7, 11) is 0. The highest BCUT2D eigenvalue weighted by Crippen LogP contribution is 2.40. The Morgan fingerprint density at radius 3 is 1.64 bits per heavy atom. The highest BCUT2D eigenvalue weighted by atomic mass is 15.1. The number of imidazole rings is 1. The van der Waals surface area contributed by atoms with Gasteiger partial charge in [0.2, 0.25) is 0 Å². The molecular weight excluding hydrogens is 719 g/mol. The normalized spacial score (nSPS) is 11.4. The second-order valence-electron chi connectivity index (χ2n) is 14.7. The van der Waals surface area contributed by atoms with Gasteiger partial charge < -0.3 is 0 Å². The molecule has 3 heterocycles. The molecule has 5 heteroatoms. The van der Waals surface area contributed by atoms with Crippen LogP contribution in [0.15, 0.2) is 212 Å². The van der Waals surface area contributed by atoms with E-state index in [1.165, 1.54) is 0 Å². The Bertz CT molecular complexity index is 3290. The first-order valence-corrected chi connectivity index (χ1v) is 19.8.